The van der Waals surface area contributed by atoms with Gasteiger partial charge in [0.1, 0.15) is 16.7 Å². The fourth-order valence-corrected chi connectivity index (χ4v) is 5.79. The van der Waals surface area contributed by atoms with Gasteiger partial charge in [-0.05, 0) is 66.4 Å². The second kappa shape index (κ2) is 13.7. The Bertz CT molecular complexity index is 1510. The molecule has 208 valence electrons. The zero-order valence-corrected chi connectivity index (χ0v) is 24.1. The van der Waals surface area contributed by atoms with Crippen LogP contribution >= 0.6 is 24.0 Å². The lowest BCUT2D eigenvalue weighted by atomic mass is 10.1. The Morgan fingerprint density at radius 2 is 1.75 bits per heavy atom. The summed E-state index contributed by atoms with van der Waals surface area (Å²) in [4.78, 5) is 27.4. The SMILES string of the molecule is NS(=O)(=O)c1ccc(NC(=O)CCCCCN2C(=O)/C(=C/c3cccc(OCc4ccccc4)c3)SC2=S)cc1. The van der Waals surface area contributed by atoms with Gasteiger partial charge in [0.25, 0.3) is 5.91 Å². The van der Waals surface area contributed by atoms with Crippen LogP contribution in [0, 0.1) is 0 Å². The topological polar surface area (TPSA) is 119 Å². The normalized spacial score (nSPS) is 14.5. The number of hydrogen-bond acceptors (Lipinski definition) is 7. The van der Waals surface area contributed by atoms with Gasteiger partial charge in [-0.15, -0.1) is 0 Å². The fraction of sp³-hybridized carbons (Fsp3) is 0.207. The Balaban J connectivity index is 1.21. The van der Waals surface area contributed by atoms with Crippen LogP contribution in [0.4, 0.5) is 5.69 Å². The number of thioether (sulfide) groups is 1. The highest BCUT2D eigenvalue weighted by Crippen LogP contribution is 2.33. The van der Waals surface area contributed by atoms with Gasteiger partial charge in [0, 0.05) is 18.7 Å². The summed E-state index contributed by atoms with van der Waals surface area (Å²) < 4.78 is 29.1. The molecule has 1 aliphatic heterocycles. The molecule has 0 bridgehead atoms. The second-order valence-electron chi connectivity index (χ2n) is 9.11. The first-order valence-electron chi connectivity index (χ1n) is 12.6. The fourth-order valence-electron chi connectivity index (χ4n) is 3.96. The van der Waals surface area contributed by atoms with Crippen LogP contribution in [0.1, 0.15) is 36.8 Å². The highest BCUT2D eigenvalue weighted by Gasteiger charge is 2.31. The molecular formula is C29H29N3O5S3. The van der Waals surface area contributed by atoms with E-state index in [0.29, 0.717) is 47.3 Å². The molecule has 0 aliphatic carbocycles. The van der Waals surface area contributed by atoms with Crippen LogP contribution in [0.2, 0.25) is 0 Å². The third kappa shape index (κ3) is 8.49. The van der Waals surface area contributed by atoms with Crippen molar-refractivity contribution in [2.75, 3.05) is 11.9 Å². The molecule has 0 atom stereocenters. The van der Waals surface area contributed by atoms with Crippen LogP contribution in [0.5, 0.6) is 5.75 Å². The summed E-state index contributed by atoms with van der Waals surface area (Å²) in [6, 6.07) is 23.2. The summed E-state index contributed by atoms with van der Waals surface area (Å²) in [6.07, 6.45) is 4.22. The lowest BCUT2D eigenvalue weighted by molar-refractivity contribution is -0.122. The van der Waals surface area contributed by atoms with Gasteiger partial charge in [-0.3, -0.25) is 14.5 Å². The van der Waals surface area contributed by atoms with Gasteiger partial charge < -0.3 is 10.1 Å². The zero-order valence-electron chi connectivity index (χ0n) is 21.6. The first kappa shape index (κ1) is 29.5. The van der Waals surface area contributed by atoms with E-state index in [-0.39, 0.29) is 16.7 Å². The van der Waals surface area contributed by atoms with Gasteiger partial charge in [0.05, 0.1) is 9.80 Å². The Morgan fingerprint density at radius 1 is 1.00 bits per heavy atom. The Kier molecular flexibility index (Phi) is 10.1. The van der Waals surface area contributed by atoms with Gasteiger partial charge in [0.2, 0.25) is 15.9 Å². The number of unbranched alkanes of at least 4 members (excludes halogenated alkanes) is 2. The van der Waals surface area contributed by atoms with E-state index in [4.69, 9.17) is 22.1 Å². The van der Waals surface area contributed by atoms with Gasteiger partial charge in [0.15, 0.2) is 0 Å². The minimum absolute atomic E-state index is 0.0163. The molecule has 1 heterocycles. The predicted molar refractivity (Wildman–Crippen MR) is 162 cm³/mol. The number of rotatable bonds is 12. The Labute approximate surface area is 243 Å². The minimum atomic E-state index is -3.78. The van der Waals surface area contributed by atoms with Crippen molar-refractivity contribution < 1.29 is 22.7 Å². The average molecular weight is 596 g/mol. The van der Waals surface area contributed by atoms with Crippen molar-refractivity contribution in [1.82, 2.24) is 4.90 Å². The predicted octanol–water partition coefficient (Wildman–Crippen LogP) is 5.31. The number of amides is 2. The number of nitrogens with one attached hydrogen (secondary N) is 1. The minimum Gasteiger partial charge on any atom is -0.489 e. The van der Waals surface area contributed by atoms with E-state index in [1.165, 1.54) is 36.0 Å². The molecule has 1 aliphatic rings. The maximum Gasteiger partial charge on any atom is 0.266 e. The Morgan fingerprint density at radius 3 is 2.48 bits per heavy atom. The zero-order chi connectivity index (χ0) is 28.5. The summed E-state index contributed by atoms with van der Waals surface area (Å²) in [5, 5.41) is 7.82. The van der Waals surface area contributed by atoms with E-state index in [0.717, 1.165) is 23.3 Å². The lowest BCUT2D eigenvalue weighted by Gasteiger charge is -2.14. The number of ether oxygens (including phenoxy) is 1. The maximum atomic E-state index is 13.0. The molecule has 2 amide bonds. The van der Waals surface area contributed by atoms with Crippen molar-refractivity contribution in [1.29, 1.82) is 0 Å². The van der Waals surface area contributed by atoms with Crippen molar-refractivity contribution in [2.24, 2.45) is 5.14 Å². The smallest absolute Gasteiger partial charge is 0.266 e. The van der Waals surface area contributed by atoms with Crippen LogP contribution in [-0.4, -0.2) is 36.0 Å². The molecule has 4 rings (SSSR count). The van der Waals surface area contributed by atoms with Crippen molar-refractivity contribution >= 4 is 61.9 Å². The van der Waals surface area contributed by atoms with Crippen LogP contribution in [0.15, 0.2) is 88.7 Å². The van der Waals surface area contributed by atoms with E-state index in [1.807, 2.05) is 60.7 Å². The van der Waals surface area contributed by atoms with Gasteiger partial charge in [-0.1, -0.05) is 72.9 Å². The molecule has 1 saturated heterocycles. The number of benzene rings is 3. The number of carbonyl (C=O) groups is 2. The summed E-state index contributed by atoms with van der Waals surface area (Å²) in [5.41, 5.74) is 2.43. The number of anilines is 1. The number of carbonyl (C=O) groups excluding carboxylic acids is 2. The summed E-state index contributed by atoms with van der Waals surface area (Å²) in [7, 11) is -3.78. The number of nitrogens with two attached hydrogens (primary N) is 1. The van der Waals surface area contributed by atoms with E-state index in [2.05, 4.69) is 5.32 Å². The number of hydrogen-bond donors (Lipinski definition) is 2. The monoisotopic (exact) mass is 595 g/mol. The van der Waals surface area contributed by atoms with Gasteiger partial charge in [-0.2, -0.15) is 0 Å². The number of thiocarbonyl (C=S) groups is 1. The standard InChI is InChI=1S/C29H29N3O5S3/c30-40(35,36)25-15-13-23(14-16-25)31-27(33)12-5-2-6-17-32-28(34)26(39-29(32)38)19-22-10-7-11-24(18-22)37-20-21-8-3-1-4-9-21/h1,3-4,7-11,13-16,18-19H,2,5-6,12,17,20H2,(H,31,33)(H2,30,35,36)/b26-19-. The van der Waals surface area contributed by atoms with Crippen LogP contribution in [-0.2, 0) is 26.2 Å². The van der Waals surface area contributed by atoms with Crippen LogP contribution < -0.4 is 15.2 Å². The quantitative estimate of drug-likeness (QED) is 0.165. The van der Waals surface area contributed by atoms with Gasteiger partial charge >= 0.3 is 0 Å². The van der Waals surface area contributed by atoms with E-state index >= 15 is 0 Å². The molecule has 8 nitrogen and oxygen atoms in total. The number of sulfonamides is 1. The third-order valence-corrected chi connectivity index (χ3v) is 8.34. The third-order valence-electron chi connectivity index (χ3n) is 6.03. The average Bonchev–Trinajstić information content (AvgIpc) is 3.19. The van der Waals surface area contributed by atoms with Crippen molar-refractivity contribution in [3.05, 3.63) is 94.9 Å². The highest BCUT2D eigenvalue weighted by atomic mass is 32.2. The first-order chi connectivity index (χ1) is 19.2. The molecule has 0 spiro atoms. The molecule has 3 aromatic carbocycles. The molecule has 3 aromatic rings. The first-order valence-corrected chi connectivity index (χ1v) is 15.4. The molecule has 1 fully saturated rings. The molecule has 11 heteroatoms. The molecular weight excluding hydrogens is 567 g/mol. The molecule has 0 unspecified atom stereocenters. The summed E-state index contributed by atoms with van der Waals surface area (Å²) in [5.74, 6) is 0.427. The van der Waals surface area contributed by atoms with Crippen molar-refractivity contribution in [3.63, 3.8) is 0 Å². The van der Waals surface area contributed by atoms with E-state index in [1.54, 1.807) is 4.90 Å². The van der Waals surface area contributed by atoms with E-state index in [9.17, 15) is 18.0 Å². The number of nitrogens with zero attached hydrogens (tertiary/aromatic N) is 1. The summed E-state index contributed by atoms with van der Waals surface area (Å²) >= 11 is 6.73. The highest BCUT2D eigenvalue weighted by molar-refractivity contribution is 8.26. The van der Waals surface area contributed by atoms with Gasteiger partial charge in [-0.25, -0.2) is 13.6 Å². The van der Waals surface area contributed by atoms with E-state index < -0.39 is 10.0 Å². The van der Waals surface area contributed by atoms with Crippen LogP contribution in [0.25, 0.3) is 6.08 Å². The molecule has 0 aromatic heterocycles. The maximum absolute atomic E-state index is 13.0. The molecule has 0 radical (unpaired) electrons. The van der Waals surface area contributed by atoms with Crippen molar-refractivity contribution in [3.8, 4) is 5.75 Å². The summed E-state index contributed by atoms with van der Waals surface area (Å²) in [6.45, 7) is 0.946. The molecule has 40 heavy (non-hydrogen) atoms. The Hall–Kier alpha value is -3.51. The lowest BCUT2D eigenvalue weighted by Crippen LogP contribution is -2.29. The molecule has 3 N–H and O–H groups in total. The number of primary sulfonamides is 1. The second-order valence-corrected chi connectivity index (χ2v) is 12.3. The molecule has 0 saturated carbocycles. The van der Waals surface area contributed by atoms with Crippen LogP contribution in [0.3, 0.4) is 0 Å². The van der Waals surface area contributed by atoms with Crippen molar-refractivity contribution in [2.45, 2.75) is 37.2 Å². The largest absolute Gasteiger partial charge is 0.489 e.